The first kappa shape index (κ1) is 11.5. The highest BCUT2D eigenvalue weighted by Crippen LogP contribution is 2.27. The molecule has 0 fully saturated rings. The molecule has 2 aromatic rings. The van der Waals surface area contributed by atoms with Crippen molar-refractivity contribution in [3.63, 3.8) is 0 Å². The van der Waals surface area contributed by atoms with E-state index in [1.54, 1.807) is 12.1 Å². The summed E-state index contributed by atoms with van der Waals surface area (Å²) in [5.41, 5.74) is 1.48. The summed E-state index contributed by atoms with van der Waals surface area (Å²) in [4.78, 5) is 16.1. The second-order valence-electron chi connectivity index (χ2n) is 4.22. The first-order valence-corrected chi connectivity index (χ1v) is 5.88. The molecule has 94 valence electrons. The highest BCUT2D eigenvalue weighted by molar-refractivity contribution is 6.06. The number of carbonyl (C=O) groups is 1. The molecule has 0 spiro atoms. The van der Waals surface area contributed by atoms with Gasteiger partial charge in [0.2, 0.25) is 5.90 Å². The Labute approximate surface area is 110 Å². The summed E-state index contributed by atoms with van der Waals surface area (Å²) in [7, 11) is 0. The maximum absolute atomic E-state index is 11.8. The molecule has 19 heavy (non-hydrogen) atoms. The predicted molar refractivity (Wildman–Crippen MR) is 69.9 cm³/mol. The molecule has 4 heteroatoms. The zero-order chi connectivity index (χ0) is 13.2. The summed E-state index contributed by atoms with van der Waals surface area (Å²) in [5, 5.41) is 9.24. The second kappa shape index (κ2) is 4.57. The van der Waals surface area contributed by atoms with Crippen LogP contribution in [0.4, 0.5) is 0 Å². The van der Waals surface area contributed by atoms with Gasteiger partial charge in [-0.05, 0) is 29.8 Å². The molecule has 1 aliphatic heterocycles. The fourth-order valence-electron chi connectivity index (χ4n) is 1.93. The van der Waals surface area contributed by atoms with Gasteiger partial charge >= 0.3 is 5.97 Å². The number of phenols is 1. The Bertz CT molecular complexity index is 632. The zero-order valence-electron chi connectivity index (χ0n) is 9.98. The molecule has 0 bridgehead atoms. The molecule has 3 rings (SSSR count). The van der Waals surface area contributed by atoms with Crippen LogP contribution in [0, 0.1) is 0 Å². The number of carbonyl (C=O) groups excluding carboxylic acids is 1. The van der Waals surface area contributed by atoms with Crippen molar-refractivity contribution in [1.29, 1.82) is 0 Å². The van der Waals surface area contributed by atoms with Gasteiger partial charge in [-0.3, -0.25) is 0 Å². The summed E-state index contributed by atoms with van der Waals surface area (Å²) in [5.74, 6) is 0.0931. The fourth-order valence-corrected chi connectivity index (χ4v) is 1.93. The Morgan fingerprint density at radius 2 is 1.68 bits per heavy atom. The first-order chi connectivity index (χ1) is 9.24. The van der Waals surface area contributed by atoms with Gasteiger partial charge < -0.3 is 9.84 Å². The standard InChI is InChI=1S/C15H11NO3/c17-12-8-6-10(7-9-12)13-15(18)19-14(16-13)11-4-2-1-3-5-11/h1-9,13,17H/t13-/m0/s1. The number of hydrogen-bond donors (Lipinski definition) is 1. The van der Waals surface area contributed by atoms with E-state index >= 15 is 0 Å². The van der Waals surface area contributed by atoms with Gasteiger partial charge in [0.15, 0.2) is 6.04 Å². The van der Waals surface area contributed by atoms with Crippen LogP contribution < -0.4 is 0 Å². The van der Waals surface area contributed by atoms with Crippen LogP contribution >= 0.6 is 0 Å². The molecule has 0 radical (unpaired) electrons. The van der Waals surface area contributed by atoms with Crippen molar-refractivity contribution in [1.82, 2.24) is 0 Å². The summed E-state index contributed by atoms with van der Waals surface area (Å²) in [6.45, 7) is 0. The molecule has 0 saturated heterocycles. The molecule has 4 nitrogen and oxygen atoms in total. The van der Waals surface area contributed by atoms with Gasteiger partial charge in [-0.2, -0.15) is 0 Å². The summed E-state index contributed by atoms with van der Waals surface area (Å²) in [6, 6.07) is 15.0. The average molecular weight is 253 g/mol. The Balaban J connectivity index is 1.93. The van der Waals surface area contributed by atoms with Crippen LogP contribution in [-0.4, -0.2) is 17.0 Å². The predicted octanol–water partition coefficient (Wildman–Crippen LogP) is 2.44. The average Bonchev–Trinajstić information content (AvgIpc) is 2.83. The van der Waals surface area contributed by atoms with E-state index < -0.39 is 12.0 Å². The Kier molecular flexibility index (Phi) is 2.76. The number of ether oxygens (including phenoxy) is 1. The first-order valence-electron chi connectivity index (χ1n) is 5.88. The van der Waals surface area contributed by atoms with Crippen LogP contribution in [0.25, 0.3) is 0 Å². The normalized spacial score (nSPS) is 18.0. The second-order valence-corrected chi connectivity index (χ2v) is 4.22. The molecule has 0 aliphatic carbocycles. The molecule has 1 aliphatic rings. The molecule has 0 aromatic heterocycles. The number of cyclic esters (lactones) is 1. The molecule has 0 saturated carbocycles. The molecule has 0 unspecified atom stereocenters. The fraction of sp³-hybridized carbons (Fsp3) is 0.0667. The van der Waals surface area contributed by atoms with Gasteiger partial charge in [-0.15, -0.1) is 0 Å². The van der Waals surface area contributed by atoms with Crippen LogP contribution in [0.2, 0.25) is 0 Å². The Hall–Kier alpha value is -2.62. The number of phenolic OH excluding ortho intramolecular Hbond substituents is 1. The van der Waals surface area contributed by atoms with Crippen molar-refractivity contribution >= 4 is 11.9 Å². The lowest BCUT2D eigenvalue weighted by atomic mass is 10.1. The van der Waals surface area contributed by atoms with Crippen molar-refractivity contribution < 1.29 is 14.6 Å². The van der Waals surface area contributed by atoms with Crippen molar-refractivity contribution in [3.8, 4) is 5.75 Å². The third kappa shape index (κ3) is 2.20. The smallest absolute Gasteiger partial charge is 0.342 e. The van der Waals surface area contributed by atoms with E-state index in [4.69, 9.17) is 4.74 Å². The topological polar surface area (TPSA) is 58.9 Å². The lowest BCUT2D eigenvalue weighted by Gasteiger charge is -2.02. The van der Waals surface area contributed by atoms with Gasteiger partial charge in [0, 0.05) is 5.56 Å². The van der Waals surface area contributed by atoms with Gasteiger partial charge in [0.25, 0.3) is 0 Å². The van der Waals surface area contributed by atoms with Crippen LogP contribution in [0.1, 0.15) is 17.2 Å². The third-order valence-corrected chi connectivity index (χ3v) is 2.90. The number of hydrogen-bond acceptors (Lipinski definition) is 4. The number of aliphatic imine (C=N–C) groups is 1. The third-order valence-electron chi connectivity index (χ3n) is 2.90. The lowest BCUT2D eigenvalue weighted by Crippen LogP contribution is -2.08. The van der Waals surface area contributed by atoms with Crippen LogP contribution in [0.5, 0.6) is 5.75 Å². The highest BCUT2D eigenvalue weighted by atomic mass is 16.6. The molecule has 0 amide bonds. The Morgan fingerprint density at radius 3 is 2.37 bits per heavy atom. The maximum atomic E-state index is 11.8. The highest BCUT2D eigenvalue weighted by Gasteiger charge is 2.30. The molecule has 1 atom stereocenters. The number of aromatic hydroxyl groups is 1. The number of rotatable bonds is 2. The minimum absolute atomic E-state index is 0.155. The minimum Gasteiger partial charge on any atom is -0.508 e. The maximum Gasteiger partial charge on any atom is 0.342 e. The van der Waals surface area contributed by atoms with Crippen LogP contribution in [-0.2, 0) is 9.53 Å². The van der Waals surface area contributed by atoms with E-state index in [0.717, 1.165) is 5.56 Å². The number of nitrogens with zero attached hydrogens (tertiary/aromatic N) is 1. The van der Waals surface area contributed by atoms with Gasteiger partial charge in [-0.25, -0.2) is 9.79 Å². The van der Waals surface area contributed by atoms with E-state index in [9.17, 15) is 9.90 Å². The van der Waals surface area contributed by atoms with E-state index in [1.807, 2.05) is 30.3 Å². The molecular weight excluding hydrogens is 242 g/mol. The minimum atomic E-state index is -0.657. The Morgan fingerprint density at radius 1 is 1.00 bits per heavy atom. The molecular formula is C15H11NO3. The van der Waals surface area contributed by atoms with Crippen molar-refractivity contribution in [2.45, 2.75) is 6.04 Å². The lowest BCUT2D eigenvalue weighted by molar-refractivity contribution is -0.135. The van der Waals surface area contributed by atoms with Crippen LogP contribution in [0.3, 0.4) is 0 Å². The zero-order valence-corrected chi connectivity index (χ0v) is 9.98. The SMILES string of the molecule is O=C1OC(c2ccccc2)=N[C@H]1c1ccc(O)cc1. The molecule has 1 N–H and O–H groups in total. The summed E-state index contributed by atoms with van der Waals surface area (Å²) in [6.07, 6.45) is 0. The summed E-state index contributed by atoms with van der Waals surface area (Å²) < 4.78 is 5.19. The van der Waals surface area contributed by atoms with E-state index in [0.29, 0.717) is 11.5 Å². The van der Waals surface area contributed by atoms with Crippen molar-refractivity contribution in [3.05, 3.63) is 65.7 Å². The molecule has 2 aromatic carbocycles. The largest absolute Gasteiger partial charge is 0.508 e. The van der Waals surface area contributed by atoms with Gasteiger partial charge in [-0.1, -0.05) is 30.3 Å². The van der Waals surface area contributed by atoms with Crippen molar-refractivity contribution in [2.24, 2.45) is 4.99 Å². The quantitative estimate of drug-likeness (QED) is 0.836. The van der Waals surface area contributed by atoms with E-state index in [1.165, 1.54) is 12.1 Å². The molecule has 1 heterocycles. The monoisotopic (exact) mass is 253 g/mol. The number of esters is 1. The van der Waals surface area contributed by atoms with Crippen LogP contribution in [0.15, 0.2) is 59.6 Å². The summed E-state index contributed by atoms with van der Waals surface area (Å²) >= 11 is 0. The van der Waals surface area contributed by atoms with E-state index in [2.05, 4.69) is 4.99 Å². The van der Waals surface area contributed by atoms with Gasteiger partial charge in [0.1, 0.15) is 5.75 Å². The number of benzene rings is 2. The van der Waals surface area contributed by atoms with Crippen molar-refractivity contribution in [2.75, 3.05) is 0 Å². The van der Waals surface area contributed by atoms with Gasteiger partial charge in [0.05, 0.1) is 0 Å². The van der Waals surface area contributed by atoms with E-state index in [-0.39, 0.29) is 5.75 Å².